The fraction of sp³-hybridized carbons (Fsp3) is 0.435. The molecule has 3 heterocycles. The molecule has 0 saturated carbocycles. The van der Waals surface area contributed by atoms with Crippen molar-refractivity contribution in [3.8, 4) is 22.6 Å². The first-order chi connectivity index (χ1) is 30.2. The van der Waals surface area contributed by atoms with Crippen molar-refractivity contribution in [1.29, 1.82) is 0 Å². The number of aliphatic hydroxyl groups is 1. The summed E-state index contributed by atoms with van der Waals surface area (Å²) in [5.74, 6) is -3.27. The predicted molar refractivity (Wildman–Crippen MR) is 234 cm³/mol. The van der Waals surface area contributed by atoms with Gasteiger partial charge in [0.15, 0.2) is 0 Å². The molecule has 5 aromatic rings. The van der Waals surface area contributed by atoms with Gasteiger partial charge in [0.1, 0.15) is 17.2 Å². The molecule has 1 saturated heterocycles. The minimum atomic E-state index is -4.78. The molecule has 0 radical (unpaired) electrons. The van der Waals surface area contributed by atoms with Crippen LogP contribution in [0.2, 0.25) is 0 Å². The molecular formula is C46H55F3N8O5S. The van der Waals surface area contributed by atoms with Crippen LogP contribution in [0.5, 0.6) is 0 Å². The Balaban J connectivity index is 0.968. The van der Waals surface area contributed by atoms with Gasteiger partial charge in [-0.1, -0.05) is 105 Å². The number of alkyl halides is 3. The summed E-state index contributed by atoms with van der Waals surface area (Å²) in [5, 5.41) is 25.8. The largest absolute Gasteiger partial charge is 0.471 e. The molecule has 1 aliphatic rings. The van der Waals surface area contributed by atoms with Crippen molar-refractivity contribution in [2.75, 3.05) is 32.7 Å². The number of unbranched alkanes of at least 4 members (excludes halogenated alkanes) is 3. The average molecular weight is 889 g/mol. The van der Waals surface area contributed by atoms with E-state index >= 15 is 0 Å². The van der Waals surface area contributed by atoms with Crippen LogP contribution in [0, 0.1) is 5.92 Å². The first-order valence-corrected chi connectivity index (χ1v) is 22.2. The average Bonchev–Trinajstić information content (AvgIpc) is 4.00. The number of amides is 3. The monoisotopic (exact) mass is 888 g/mol. The van der Waals surface area contributed by atoms with E-state index in [9.17, 15) is 32.7 Å². The number of nitrogens with zero attached hydrogens (tertiary/aromatic N) is 4. The van der Waals surface area contributed by atoms with Crippen LogP contribution in [0.4, 0.5) is 13.2 Å². The highest BCUT2D eigenvalue weighted by atomic mass is 32.1. The van der Waals surface area contributed by atoms with Crippen molar-refractivity contribution in [3.05, 3.63) is 112 Å². The highest BCUT2D eigenvalue weighted by molar-refractivity contribution is 7.10. The van der Waals surface area contributed by atoms with Crippen molar-refractivity contribution < 1.29 is 37.2 Å². The van der Waals surface area contributed by atoms with Gasteiger partial charge in [0.2, 0.25) is 11.7 Å². The van der Waals surface area contributed by atoms with E-state index in [2.05, 4.69) is 35.5 Å². The second-order valence-corrected chi connectivity index (χ2v) is 17.3. The third-order valence-electron chi connectivity index (χ3n) is 11.4. The van der Waals surface area contributed by atoms with Crippen LogP contribution in [-0.2, 0) is 27.6 Å². The van der Waals surface area contributed by atoms with E-state index in [-0.39, 0.29) is 34.7 Å². The molecule has 6 rings (SSSR count). The maximum Gasteiger partial charge on any atom is 0.471 e. The number of hydrogen-bond donors (Lipinski definition) is 5. The van der Waals surface area contributed by atoms with Gasteiger partial charge < -0.3 is 36.2 Å². The molecule has 0 unspecified atom stereocenters. The van der Waals surface area contributed by atoms with Crippen molar-refractivity contribution >= 4 is 29.1 Å². The molecule has 0 bridgehead atoms. The number of carbonyl (C=O) groups is 3. The predicted octanol–water partition coefficient (Wildman–Crippen LogP) is 6.39. The van der Waals surface area contributed by atoms with Gasteiger partial charge >= 0.3 is 12.1 Å². The number of thiazole rings is 1. The Labute approximate surface area is 369 Å². The second kappa shape index (κ2) is 21.7. The summed E-state index contributed by atoms with van der Waals surface area (Å²) >= 11 is 1.58. The zero-order chi connectivity index (χ0) is 45.0. The summed E-state index contributed by atoms with van der Waals surface area (Å²) in [7, 11) is 0. The molecule has 63 heavy (non-hydrogen) atoms. The topological polar surface area (TPSA) is 189 Å². The molecule has 0 spiro atoms. The highest BCUT2D eigenvalue weighted by Gasteiger charge is 2.40. The Kier molecular flexibility index (Phi) is 16.2. The fourth-order valence-corrected chi connectivity index (χ4v) is 8.73. The van der Waals surface area contributed by atoms with Gasteiger partial charge in [-0.05, 0) is 75.4 Å². The molecule has 3 amide bonds. The van der Waals surface area contributed by atoms with E-state index in [4.69, 9.17) is 10.7 Å². The van der Waals surface area contributed by atoms with Crippen LogP contribution < -0.4 is 21.7 Å². The van der Waals surface area contributed by atoms with Crippen LogP contribution in [0.25, 0.3) is 22.6 Å². The number of hydrogen-bond acceptors (Lipinski definition) is 11. The number of piperidine rings is 1. The molecule has 1 fully saturated rings. The van der Waals surface area contributed by atoms with E-state index in [1.165, 1.54) is 12.1 Å². The molecule has 0 aliphatic carbocycles. The smallest absolute Gasteiger partial charge is 0.382 e. The van der Waals surface area contributed by atoms with E-state index in [0.29, 0.717) is 19.5 Å². The number of nitrogens with one attached hydrogen (secondary N) is 3. The zero-order valence-corrected chi connectivity index (χ0v) is 36.3. The minimum absolute atomic E-state index is 0.199. The lowest BCUT2D eigenvalue weighted by atomic mass is 9.78. The third kappa shape index (κ3) is 12.8. The Morgan fingerprint density at radius 2 is 1.57 bits per heavy atom. The van der Waals surface area contributed by atoms with Crippen LogP contribution in [0.3, 0.4) is 0 Å². The van der Waals surface area contributed by atoms with Crippen molar-refractivity contribution in [2.24, 2.45) is 11.7 Å². The molecule has 3 atom stereocenters. The molecule has 336 valence electrons. The number of halogens is 3. The van der Waals surface area contributed by atoms with E-state index in [0.717, 1.165) is 80.0 Å². The number of carbonyl (C=O) groups excluding carboxylic acids is 3. The molecule has 1 aliphatic heterocycles. The molecular weight excluding hydrogens is 834 g/mol. The summed E-state index contributed by atoms with van der Waals surface area (Å²) in [6, 6.07) is 23.8. The lowest BCUT2D eigenvalue weighted by Gasteiger charge is -2.40. The number of likely N-dealkylation sites (tertiary alicyclic amines) is 1. The Hall–Kier alpha value is -5.49. The van der Waals surface area contributed by atoms with Gasteiger partial charge in [0.05, 0.1) is 5.69 Å². The Morgan fingerprint density at radius 3 is 2.25 bits per heavy atom. The molecule has 17 heteroatoms. The summed E-state index contributed by atoms with van der Waals surface area (Å²) in [6.45, 7) is 6.96. The van der Waals surface area contributed by atoms with Gasteiger partial charge in [-0.2, -0.15) is 18.2 Å². The minimum Gasteiger partial charge on any atom is -0.382 e. The van der Waals surface area contributed by atoms with Gasteiger partial charge in [0, 0.05) is 46.6 Å². The first-order valence-electron chi connectivity index (χ1n) is 21.3. The van der Waals surface area contributed by atoms with E-state index in [1.807, 2.05) is 79.9 Å². The van der Waals surface area contributed by atoms with Gasteiger partial charge in [-0.25, -0.2) is 4.98 Å². The van der Waals surface area contributed by atoms with Gasteiger partial charge in [-0.3, -0.25) is 14.4 Å². The summed E-state index contributed by atoms with van der Waals surface area (Å²) in [5.41, 5.74) is 8.95. The van der Waals surface area contributed by atoms with Crippen LogP contribution in [0.15, 0.2) is 94.8 Å². The van der Waals surface area contributed by atoms with Crippen molar-refractivity contribution in [2.45, 2.75) is 88.6 Å². The molecule has 6 N–H and O–H groups in total. The molecule has 3 aromatic carbocycles. The number of aromatic nitrogens is 3. The maximum absolute atomic E-state index is 13.6. The van der Waals surface area contributed by atoms with Crippen LogP contribution >= 0.6 is 11.3 Å². The number of rotatable bonds is 20. The number of aliphatic hydroxyl groups excluding tert-OH is 1. The summed E-state index contributed by atoms with van der Waals surface area (Å²) < 4.78 is 43.6. The zero-order valence-electron chi connectivity index (χ0n) is 35.4. The van der Waals surface area contributed by atoms with Crippen LogP contribution in [-0.4, -0.2) is 93.8 Å². The van der Waals surface area contributed by atoms with Gasteiger partial charge in [-0.15, -0.1) is 11.3 Å². The first kappa shape index (κ1) is 47.0. The SMILES string of the molecule is CC(C)[C@H](NC(=O)[C@@H](O)[C@H](N)Cc1ccccc1)C(=O)NCCCCCCN1CCC(CNC(=O)c2cccc(-c3noc(C(F)(F)F)n3)c2)(c2nc(-c3ccccc3)cs2)CC1. The van der Waals surface area contributed by atoms with Crippen molar-refractivity contribution in [1.82, 2.24) is 36.0 Å². The van der Waals surface area contributed by atoms with Gasteiger partial charge in [0.25, 0.3) is 11.8 Å². The van der Waals surface area contributed by atoms with Crippen LogP contribution in [0.1, 0.15) is 79.2 Å². The Morgan fingerprint density at radius 1 is 0.889 bits per heavy atom. The van der Waals surface area contributed by atoms with E-state index in [1.54, 1.807) is 23.5 Å². The quantitative estimate of drug-likeness (QED) is 0.0548. The van der Waals surface area contributed by atoms with E-state index < -0.39 is 41.6 Å². The number of benzene rings is 3. The standard InChI is InChI=1S/C46H55F3N8O5S/c1-30(2)37(54-42(61)38(58)35(50)26-31-14-7-5-8-15-31)41(60)51-22-11-3-4-12-23-57-24-20-45(21-25-57,44-53-36(28-63-44)32-16-9-6-10-17-32)29-52-40(59)34-19-13-18-33(27-34)39-55-43(62-56-39)46(47,48)49/h5-10,13-19,27-28,30,35,37-38,58H,3-4,11-12,20-26,29,50H2,1-2H3,(H,51,60)(H,52,59)(H,54,61)/t35-,37+,38+/m1/s1. The summed E-state index contributed by atoms with van der Waals surface area (Å²) in [4.78, 5) is 50.4. The fourth-order valence-electron chi connectivity index (χ4n) is 7.64. The highest BCUT2D eigenvalue weighted by Crippen LogP contribution is 2.39. The lowest BCUT2D eigenvalue weighted by molar-refractivity contribution is -0.159. The third-order valence-corrected chi connectivity index (χ3v) is 12.5. The molecule has 13 nitrogen and oxygen atoms in total. The normalized spacial score (nSPS) is 15.7. The second-order valence-electron chi connectivity index (χ2n) is 16.4. The number of nitrogens with two attached hydrogens (primary N) is 1. The Bertz CT molecular complexity index is 2250. The maximum atomic E-state index is 13.6. The van der Waals surface area contributed by atoms with Crippen molar-refractivity contribution in [3.63, 3.8) is 0 Å². The summed E-state index contributed by atoms with van der Waals surface area (Å²) in [6.07, 6.45) is -0.775. The molecule has 2 aromatic heterocycles. The lowest BCUT2D eigenvalue weighted by Crippen LogP contribution is -2.55.